The molecule has 9 nitrogen and oxygen atoms in total. The van der Waals surface area contributed by atoms with Crippen LogP contribution in [-0.2, 0) is 28.4 Å². The average molecular weight is 521 g/mol. The van der Waals surface area contributed by atoms with Gasteiger partial charge in [-0.3, -0.25) is 4.79 Å². The van der Waals surface area contributed by atoms with Crippen molar-refractivity contribution < 1.29 is 23.1 Å². The summed E-state index contributed by atoms with van der Waals surface area (Å²) in [6.45, 7) is 4.46. The van der Waals surface area contributed by atoms with Crippen LogP contribution in [0.25, 0.3) is 11.0 Å². The molecule has 1 aliphatic heterocycles. The van der Waals surface area contributed by atoms with Gasteiger partial charge in [-0.15, -0.1) is 5.10 Å². The molecule has 1 atom stereocenters. The molecule has 0 amide bonds. The van der Waals surface area contributed by atoms with E-state index in [4.69, 9.17) is 4.74 Å². The predicted octanol–water partition coefficient (Wildman–Crippen LogP) is 3.78. The van der Waals surface area contributed by atoms with Gasteiger partial charge in [-0.1, -0.05) is 41.6 Å². The van der Waals surface area contributed by atoms with Crippen molar-refractivity contribution in [3.63, 3.8) is 0 Å². The molecule has 5 rings (SSSR count). The summed E-state index contributed by atoms with van der Waals surface area (Å²) < 4.78 is 35.7. The number of aliphatic carboxylic acids is 1. The van der Waals surface area contributed by atoms with Gasteiger partial charge < -0.3 is 9.84 Å². The van der Waals surface area contributed by atoms with Gasteiger partial charge in [-0.25, -0.2) is 13.1 Å². The van der Waals surface area contributed by atoms with Crippen LogP contribution in [0, 0.1) is 13.8 Å². The SMILES string of the molecule is Cc1ccc(C(CC(=O)O)c2ccc3c(nnn3C)c2C)cc1CN1CCOc2ccccc2S1(=O)=O. The number of hydrogen-bond acceptors (Lipinski definition) is 6. The zero-order chi connectivity index (χ0) is 26.3. The average Bonchev–Trinajstić information content (AvgIpc) is 3.19. The van der Waals surface area contributed by atoms with Crippen LogP contribution in [0.3, 0.4) is 0 Å². The first kappa shape index (κ1) is 24.9. The third-order valence-electron chi connectivity index (χ3n) is 7.02. The summed E-state index contributed by atoms with van der Waals surface area (Å²) in [5, 5.41) is 18.1. The number of benzene rings is 3. The first-order valence-electron chi connectivity index (χ1n) is 12.0. The fraction of sp³-hybridized carbons (Fsp3) is 0.296. The van der Waals surface area contributed by atoms with Crippen molar-refractivity contribution in [2.75, 3.05) is 13.2 Å². The first-order chi connectivity index (χ1) is 17.7. The number of hydrogen-bond donors (Lipinski definition) is 1. The summed E-state index contributed by atoms with van der Waals surface area (Å²) in [7, 11) is -1.96. The highest BCUT2D eigenvalue weighted by molar-refractivity contribution is 7.89. The molecule has 1 aliphatic rings. The first-order valence-corrected chi connectivity index (χ1v) is 13.4. The van der Waals surface area contributed by atoms with Gasteiger partial charge in [0.1, 0.15) is 22.8 Å². The number of aromatic nitrogens is 3. The topological polar surface area (TPSA) is 115 Å². The fourth-order valence-electron chi connectivity index (χ4n) is 4.94. The molecular formula is C27H28N4O5S. The van der Waals surface area contributed by atoms with E-state index in [-0.39, 0.29) is 31.0 Å². The molecule has 192 valence electrons. The number of carboxylic acids is 1. The van der Waals surface area contributed by atoms with Crippen LogP contribution in [0.2, 0.25) is 0 Å². The predicted molar refractivity (Wildman–Crippen MR) is 138 cm³/mol. The second-order valence-corrected chi connectivity index (χ2v) is 11.2. The Bertz CT molecular complexity index is 1610. The Balaban J connectivity index is 1.54. The zero-order valence-electron chi connectivity index (χ0n) is 20.9. The van der Waals surface area contributed by atoms with Crippen molar-refractivity contribution in [2.45, 2.75) is 37.6 Å². The van der Waals surface area contributed by atoms with E-state index in [1.54, 1.807) is 28.9 Å². The minimum absolute atomic E-state index is 0.113. The molecule has 0 bridgehead atoms. The zero-order valence-corrected chi connectivity index (χ0v) is 21.7. The lowest BCUT2D eigenvalue weighted by Gasteiger charge is -2.23. The van der Waals surface area contributed by atoms with E-state index in [9.17, 15) is 18.3 Å². The van der Waals surface area contributed by atoms with Gasteiger partial charge in [0, 0.05) is 26.1 Å². The fourth-order valence-corrected chi connectivity index (χ4v) is 6.47. The Morgan fingerprint density at radius 3 is 2.70 bits per heavy atom. The van der Waals surface area contributed by atoms with Crippen molar-refractivity contribution in [3.05, 3.63) is 82.4 Å². The van der Waals surface area contributed by atoms with Crippen LogP contribution in [0.4, 0.5) is 0 Å². The molecule has 2 heterocycles. The minimum Gasteiger partial charge on any atom is -0.491 e. The molecule has 0 fully saturated rings. The number of fused-ring (bicyclic) bond motifs is 2. The molecule has 1 unspecified atom stereocenters. The standard InChI is InChI=1S/C27H28N4O5S/c1-17-8-9-19(22(15-26(32)33)21-10-11-23-27(18(21)2)28-29-30(23)3)14-20(17)16-31-12-13-36-24-6-4-5-7-25(24)37(31,34)35/h4-11,14,22H,12-13,15-16H2,1-3H3,(H,32,33). The highest BCUT2D eigenvalue weighted by Crippen LogP contribution is 2.35. The van der Waals surface area contributed by atoms with E-state index in [2.05, 4.69) is 10.3 Å². The summed E-state index contributed by atoms with van der Waals surface area (Å²) in [5.41, 5.74) is 5.88. The number of carboxylic acid groups (broad SMARTS) is 1. The Morgan fingerprint density at radius 2 is 1.92 bits per heavy atom. The van der Waals surface area contributed by atoms with Crippen LogP contribution >= 0.6 is 0 Å². The molecule has 37 heavy (non-hydrogen) atoms. The molecule has 3 aromatic carbocycles. The van der Waals surface area contributed by atoms with Crippen molar-refractivity contribution in [3.8, 4) is 5.75 Å². The van der Waals surface area contributed by atoms with Crippen LogP contribution in [-0.4, -0.2) is 51.9 Å². The lowest BCUT2D eigenvalue weighted by Crippen LogP contribution is -2.32. The lowest BCUT2D eigenvalue weighted by atomic mass is 9.84. The smallest absolute Gasteiger partial charge is 0.304 e. The minimum atomic E-state index is -3.77. The van der Waals surface area contributed by atoms with E-state index in [1.165, 1.54) is 4.31 Å². The molecule has 0 saturated carbocycles. The summed E-state index contributed by atoms with van der Waals surface area (Å²) in [4.78, 5) is 12.1. The lowest BCUT2D eigenvalue weighted by molar-refractivity contribution is -0.137. The van der Waals surface area contributed by atoms with E-state index < -0.39 is 21.9 Å². The maximum Gasteiger partial charge on any atom is 0.304 e. The number of ether oxygens (including phenoxy) is 1. The quantitative estimate of drug-likeness (QED) is 0.412. The Hall–Kier alpha value is -3.76. The van der Waals surface area contributed by atoms with Gasteiger partial charge in [-0.05, 0) is 59.9 Å². The van der Waals surface area contributed by atoms with Crippen LogP contribution in [0.1, 0.15) is 40.2 Å². The number of para-hydroxylation sites is 1. The van der Waals surface area contributed by atoms with Gasteiger partial charge in [0.05, 0.1) is 11.9 Å². The molecule has 1 N–H and O–H groups in total. The number of nitrogens with zero attached hydrogens (tertiary/aromatic N) is 4. The van der Waals surface area contributed by atoms with Gasteiger partial charge in [-0.2, -0.15) is 4.31 Å². The Kier molecular flexibility index (Phi) is 6.47. The van der Waals surface area contributed by atoms with E-state index in [0.29, 0.717) is 5.75 Å². The van der Waals surface area contributed by atoms with Gasteiger partial charge in [0.2, 0.25) is 10.0 Å². The summed E-state index contributed by atoms with van der Waals surface area (Å²) in [6.07, 6.45) is -0.113. The van der Waals surface area contributed by atoms with Crippen molar-refractivity contribution >= 4 is 27.0 Å². The van der Waals surface area contributed by atoms with Crippen LogP contribution < -0.4 is 4.74 Å². The maximum atomic E-state index is 13.5. The van der Waals surface area contributed by atoms with Gasteiger partial charge in [0.15, 0.2) is 0 Å². The van der Waals surface area contributed by atoms with E-state index >= 15 is 0 Å². The molecule has 10 heteroatoms. The summed E-state index contributed by atoms with van der Waals surface area (Å²) >= 11 is 0. The molecule has 0 radical (unpaired) electrons. The highest BCUT2D eigenvalue weighted by Gasteiger charge is 2.31. The number of aryl methyl sites for hydroxylation is 3. The largest absolute Gasteiger partial charge is 0.491 e. The van der Waals surface area contributed by atoms with E-state index in [1.807, 2.05) is 51.2 Å². The highest BCUT2D eigenvalue weighted by atomic mass is 32.2. The Morgan fingerprint density at radius 1 is 1.14 bits per heavy atom. The third-order valence-corrected chi connectivity index (χ3v) is 8.91. The van der Waals surface area contributed by atoms with Crippen molar-refractivity contribution in [1.82, 2.24) is 19.3 Å². The van der Waals surface area contributed by atoms with Crippen LogP contribution in [0.15, 0.2) is 59.5 Å². The van der Waals surface area contributed by atoms with Crippen molar-refractivity contribution in [1.29, 1.82) is 0 Å². The Labute approximate surface area is 215 Å². The van der Waals surface area contributed by atoms with Crippen molar-refractivity contribution in [2.24, 2.45) is 7.05 Å². The number of sulfonamides is 1. The van der Waals surface area contributed by atoms with E-state index in [0.717, 1.165) is 38.9 Å². The van der Waals surface area contributed by atoms with Crippen LogP contribution in [0.5, 0.6) is 5.75 Å². The van der Waals surface area contributed by atoms with Gasteiger partial charge in [0.25, 0.3) is 0 Å². The molecule has 0 spiro atoms. The summed E-state index contributed by atoms with van der Waals surface area (Å²) in [6, 6.07) is 16.3. The maximum absolute atomic E-state index is 13.5. The molecular weight excluding hydrogens is 492 g/mol. The monoisotopic (exact) mass is 520 g/mol. The number of carbonyl (C=O) groups is 1. The second-order valence-electron chi connectivity index (χ2n) is 9.33. The second kappa shape index (κ2) is 9.60. The normalized spacial score (nSPS) is 16.1. The molecule has 0 saturated heterocycles. The molecule has 0 aliphatic carbocycles. The van der Waals surface area contributed by atoms with Gasteiger partial charge >= 0.3 is 5.97 Å². The third kappa shape index (κ3) is 4.58. The number of rotatable bonds is 6. The molecule has 4 aromatic rings. The summed E-state index contributed by atoms with van der Waals surface area (Å²) in [5.74, 6) is -1.01. The molecule has 1 aromatic heterocycles.